The second-order valence-corrected chi connectivity index (χ2v) is 9.68. The molecule has 7 heteroatoms. The normalized spacial score (nSPS) is 19.4. The molecule has 0 amide bonds. The SMILES string of the molecule is CCCCOc1cccc(C2CCC(OCc3ncccc3NS(C)(=O)=O)CC2)c1. The van der Waals surface area contributed by atoms with Crippen molar-refractivity contribution in [1.29, 1.82) is 0 Å². The molecule has 0 unspecified atom stereocenters. The molecule has 0 spiro atoms. The Hall–Kier alpha value is -2.12. The van der Waals surface area contributed by atoms with Gasteiger partial charge in [0.25, 0.3) is 0 Å². The molecular weight excluding hydrogens is 400 g/mol. The molecule has 1 aliphatic carbocycles. The summed E-state index contributed by atoms with van der Waals surface area (Å²) in [5.41, 5.74) is 2.43. The van der Waals surface area contributed by atoms with Crippen LogP contribution in [0.4, 0.5) is 5.69 Å². The monoisotopic (exact) mass is 432 g/mol. The van der Waals surface area contributed by atoms with Crippen molar-refractivity contribution in [3.05, 3.63) is 53.9 Å². The van der Waals surface area contributed by atoms with E-state index in [1.165, 1.54) is 5.56 Å². The van der Waals surface area contributed by atoms with Gasteiger partial charge in [-0.1, -0.05) is 25.5 Å². The van der Waals surface area contributed by atoms with E-state index in [9.17, 15) is 8.42 Å². The van der Waals surface area contributed by atoms with Crippen LogP contribution in [0.15, 0.2) is 42.6 Å². The van der Waals surface area contributed by atoms with Gasteiger partial charge in [-0.15, -0.1) is 0 Å². The average Bonchev–Trinajstić information content (AvgIpc) is 2.73. The largest absolute Gasteiger partial charge is 0.494 e. The van der Waals surface area contributed by atoms with Crippen LogP contribution in [-0.4, -0.2) is 32.4 Å². The number of ether oxygens (including phenoxy) is 2. The van der Waals surface area contributed by atoms with E-state index in [-0.39, 0.29) is 6.10 Å². The first-order valence-corrected chi connectivity index (χ1v) is 12.6. The summed E-state index contributed by atoms with van der Waals surface area (Å²) in [4.78, 5) is 4.28. The van der Waals surface area contributed by atoms with Gasteiger partial charge in [-0.05, 0) is 67.9 Å². The molecule has 164 valence electrons. The third-order valence-electron chi connectivity index (χ3n) is 5.41. The molecule has 0 atom stereocenters. The lowest BCUT2D eigenvalue weighted by Gasteiger charge is -2.29. The maximum Gasteiger partial charge on any atom is 0.229 e. The molecular formula is C23H32N2O4S. The lowest BCUT2D eigenvalue weighted by atomic mass is 9.82. The number of pyridine rings is 1. The summed E-state index contributed by atoms with van der Waals surface area (Å²) in [5.74, 6) is 1.48. The number of hydrogen-bond acceptors (Lipinski definition) is 5. The summed E-state index contributed by atoms with van der Waals surface area (Å²) >= 11 is 0. The van der Waals surface area contributed by atoms with Gasteiger partial charge in [-0.3, -0.25) is 9.71 Å². The number of sulfonamides is 1. The summed E-state index contributed by atoms with van der Waals surface area (Å²) in [6, 6.07) is 11.9. The zero-order chi connectivity index (χ0) is 21.4. The molecule has 6 nitrogen and oxygen atoms in total. The third kappa shape index (κ3) is 6.99. The van der Waals surface area contributed by atoms with Crippen molar-refractivity contribution in [1.82, 2.24) is 4.98 Å². The fourth-order valence-corrected chi connectivity index (χ4v) is 4.38. The van der Waals surface area contributed by atoms with Crippen LogP contribution in [0.3, 0.4) is 0 Å². The van der Waals surface area contributed by atoms with E-state index in [1.807, 2.05) is 6.07 Å². The molecule has 1 N–H and O–H groups in total. The summed E-state index contributed by atoms with van der Waals surface area (Å²) in [6.45, 7) is 3.23. The van der Waals surface area contributed by atoms with Crippen LogP contribution in [-0.2, 0) is 21.4 Å². The minimum Gasteiger partial charge on any atom is -0.494 e. The van der Waals surface area contributed by atoms with Crippen LogP contribution in [0, 0.1) is 0 Å². The van der Waals surface area contributed by atoms with Crippen molar-refractivity contribution in [3.63, 3.8) is 0 Å². The third-order valence-corrected chi connectivity index (χ3v) is 6.00. The number of nitrogens with zero attached hydrogens (tertiary/aromatic N) is 1. The number of unbranched alkanes of at least 4 members (excludes halogenated alkanes) is 1. The first-order valence-electron chi connectivity index (χ1n) is 10.7. The Bertz CT molecular complexity index is 909. The van der Waals surface area contributed by atoms with E-state index in [2.05, 4.69) is 34.8 Å². The molecule has 3 rings (SSSR count). The minimum absolute atomic E-state index is 0.165. The van der Waals surface area contributed by atoms with Gasteiger partial charge < -0.3 is 9.47 Å². The molecule has 0 aliphatic heterocycles. The predicted octanol–water partition coefficient (Wildman–Crippen LogP) is 4.88. The average molecular weight is 433 g/mol. The molecule has 1 aromatic heterocycles. The van der Waals surface area contributed by atoms with Crippen LogP contribution < -0.4 is 9.46 Å². The maximum absolute atomic E-state index is 11.5. The zero-order valence-corrected chi connectivity index (χ0v) is 18.7. The highest BCUT2D eigenvalue weighted by Gasteiger charge is 2.23. The standard InChI is InChI=1S/C23H32N2O4S/c1-3-4-15-28-21-8-5-7-19(16-21)18-10-12-20(13-11-18)29-17-23-22(9-6-14-24-23)25-30(2,26)27/h5-9,14,16,18,20,25H,3-4,10-13,15,17H2,1-2H3. The van der Waals surface area contributed by atoms with Crippen molar-refractivity contribution in [3.8, 4) is 5.75 Å². The number of anilines is 1. The molecule has 1 aromatic carbocycles. The molecule has 1 aliphatic rings. The summed E-state index contributed by atoms with van der Waals surface area (Å²) in [7, 11) is -3.35. The van der Waals surface area contributed by atoms with E-state index in [0.717, 1.165) is 57.1 Å². The molecule has 1 fully saturated rings. The lowest BCUT2D eigenvalue weighted by Crippen LogP contribution is -2.21. The Morgan fingerprint density at radius 2 is 1.93 bits per heavy atom. The summed E-state index contributed by atoms with van der Waals surface area (Å²) in [5, 5.41) is 0. The van der Waals surface area contributed by atoms with Gasteiger partial charge >= 0.3 is 0 Å². The van der Waals surface area contributed by atoms with Crippen molar-refractivity contribution >= 4 is 15.7 Å². The van der Waals surface area contributed by atoms with Crippen LogP contribution >= 0.6 is 0 Å². The molecule has 0 radical (unpaired) electrons. The van der Waals surface area contributed by atoms with Gasteiger partial charge in [0, 0.05) is 6.20 Å². The number of nitrogens with one attached hydrogen (secondary N) is 1. The minimum atomic E-state index is -3.35. The van der Waals surface area contributed by atoms with E-state index in [4.69, 9.17) is 9.47 Å². The Kier molecular flexibility index (Phi) is 8.10. The van der Waals surface area contributed by atoms with Crippen molar-refractivity contribution in [2.45, 2.75) is 64.1 Å². The summed E-state index contributed by atoms with van der Waals surface area (Å²) in [6.07, 6.45) is 9.26. The van der Waals surface area contributed by atoms with Crippen molar-refractivity contribution < 1.29 is 17.9 Å². The number of hydrogen-bond donors (Lipinski definition) is 1. The second kappa shape index (κ2) is 10.8. The second-order valence-electron chi connectivity index (χ2n) is 7.93. The van der Waals surface area contributed by atoms with E-state index < -0.39 is 10.0 Å². The molecule has 30 heavy (non-hydrogen) atoms. The van der Waals surface area contributed by atoms with Gasteiger partial charge in [-0.25, -0.2) is 8.42 Å². The number of aromatic nitrogens is 1. The van der Waals surface area contributed by atoms with Crippen LogP contribution in [0.2, 0.25) is 0 Å². The quantitative estimate of drug-likeness (QED) is 0.542. The smallest absolute Gasteiger partial charge is 0.229 e. The number of rotatable bonds is 10. The van der Waals surface area contributed by atoms with Crippen LogP contribution in [0.1, 0.15) is 62.6 Å². The highest BCUT2D eigenvalue weighted by atomic mass is 32.2. The molecule has 0 saturated heterocycles. The first-order chi connectivity index (χ1) is 14.4. The Morgan fingerprint density at radius 1 is 1.13 bits per heavy atom. The lowest BCUT2D eigenvalue weighted by molar-refractivity contribution is 0.0120. The Labute approximate surface area is 180 Å². The highest BCUT2D eigenvalue weighted by Crippen LogP contribution is 2.35. The van der Waals surface area contributed by atoms with E-state index >= 15 is 0 Å². The van der Waals surface area contributed by atoms with Gasteiger partial charge in [0.2, 0.25) is 10.0 Å². The van der Waals surface area contributed by atoms with E-state index in [1.54, 1.807) is 18.3 Å². The molecule has 1 saturated carbocycles. The number of benzene rings is 1. The van der Waals surface area contributed by atoms with Gasteiger partial charge in [0.15, 0.2) is 0 Å². The maximum atomic E-state index is 11.5. The fourth-order valence-electron chi connectivity index (χ4n) is 3.80. The molecule has 2 aromatic rings. The van der Waals surface area contributed by atoms with E-state index in [0.29, 0.717) is 23.9 Å². The first kappa shape index (κ1) is 22.6. The van der Waals surface area contributed by atoms with Gasteiger partial charge in [0.05, 0.1) is 37.0 Å². The Balaban J connectivity index is 1.50. The van der Waals surface area contributed by atoms with Crippen molar-refractivity contribution in [2.24, 2.45) is 0 Å². The van der Waals surface area contributed by atoms with Gasteiger partial charge in [0.1, 0.15) is 5.75 Å². The summed E-state index contributed by atoms with van der Waals surface area (Å²) < 4.78 is 37.5. The molecule has 1 heterocycles. The highest BCUT2D eigenvalue weighted by molar-refractivity contribution is 7.92. The molecule has 0 bridgehead atoms. The predicted molar refractivity (Wildman–Crippen MR) is 119 cm³/mol. The fraction of sp³-hybridized carbons (Fsp3) is 0.522. The zero-order valence-electron chi connectivity index (χ0n) is 17.8. The topological polar surface area (TPSA) is 77.5 Å². The van der Waals surface area contributed by atoms with Crippen LogP contribution in [0.5, 0.6) is 5.75 Å². The Morgan fingerprint density at radius 3 is 2.67 bits per heavy atom. The van der Waals surface area contributed by atoms with Gasteiger partial charge in [-0.2, -0.15) is 0 Å². The van der Waals surface area contributed by atoms with Crippen molar-refractivity contribution in [2.75, 3.05) is 17.6 Å². The van der Waals surface area contributed by atoms with Crippen LogP contribution in [0.25, 0.3) is 0 Å².